The zero-order chi connectivity index (χ0) is 35.1. The molecule has 0 spiro atoms. The van der Waals surface area contributed by atoms with E-state index < -0.39 is 0 Å². The number of fused-ring (bicyclic) bond motifs is 5. The van der Waals surface area contributed by atoms with Gasteiger partial charge in [0.15, 0.2) is 5.17 Å². The third kappa shape index (κ3) is 10.2. The average Bonchev–Trinajstić information content (AvgIpc) is 3.34. The molecule has 0 bridgehead atoms. The Morgan fingerprint density at radius 1 is 1.06 bits per heavy atom. The molecule has 3 aliphatic rings. The van der Waals surface area contributed by atoms with Crippen molar-refractivity contribution in [3.8, 4) is 5.75 Å². The van der Waals surface area contributed by atoms with Crippen molar-refractivity contribution in [2.24, 2.45) is 28.2 Å². The second-order valence-electron chi connectivity index (χ2n) is 12.4. The van der Waals surface area contributed by atoms with E-state index in [1.807, 2.05) is 65.0 Å². The predicted molar refractivity (Wildman–Crippen MR) is 198 cm³/mol. The highest BCUT2D eigenvalue weighted by molar-refractivity contribution is 8.17. The summed E-state index contributed by atoms with van der Waals surface area (Å²) in [6, 6.07) is 15.1. The molecule has 7 heteroatoms. The molecular formula is C40H58N2O4S. The number of aliphatic imine (C=N–C) groups is 1. The van der Waals surface area contributed by atoms with Crippen molar-refractivity contribution in [3.63, 3.8) is 0 Å². The van der Waals surface area contributed by atoms with Crippen LogP contribution in [0.2, 0.25) is 0 Å². The van der Waals surface area contributed by atoms with Gasteiger partial charge in [0.1, 0.15) is 11.5 Å². The molecule has 258 valence electrons. The van der Waals surface area contributed by atoms with Crippen LogP contribution in [0.25, 0.3) is 0 Å². The number of aryl methyl sites for hydroxylation is 1. The molecule has 5 atom stereocenters. The van der Waals surface area contributed by atoms with Crippen molar-refractivity contribution in [2.45, 2.75) is 113 Å². The number of ketones is 1. The number of amidine groups is 1. The van der Waals surface area contributed by atoms with Gasteiger partial charge in [-0.1, -0.05) is 97.5 Å². The maximum Gasteiger partial charge on any atom is 0.343 e. The zero-order valence-corrected chi connectivity index (χ0v) is 31.1. The maximum absolute atomic E-state index is 13.3. The molecule has 0 radical (unpaired) electrons. The summed E-state index contributed by atoms with van der Waals surface area (Å²) in [5.41, 5.74) is 2.79. The first kappa shape index (κ1) is 40.0. The Morgan fingerprint density at radius 2 is 1.72 bits per heavy atom. The molecule has 3 aliphatic carbocycles. The highest BCUT2D eigenvalue weighted by Gasteiger charge is 2.58. The summed E-state index contributed by atoms with van der Waals surface area (Å²) in [6.07, 6.45) is 6.67. The normalized spacial score (nSPS) is 23.9. The Bertz CT molecular complexity index is 1370. The molecule has 6 nitrogen and oxygen atoms in total. The molecule has 2 saturated carbocycles. The number of esters is 1. The van der Waals surface area contributed by atoms with Crippen LogP contribution in [0.5, 0.6) is 5.75 Å². The number of carbonyl (C=O) groups excluding carboxylic acids is 3. The number of allylic oxidation sites excluding steroid dienone is 1. The molecular weight excluding hydrogens is 605 g/mol. The van der Waals surface area contributed by atoms with Crippen LogP contribution in [0.15, 0.2) is 65.0 Å². The number of rotatable bonds is 6. The van der Waals surface area contributed by atoms with Crippen LogP contribution in [0.3, 0.4) is 0 Å². The summed E-state index contributed by atoms with van der Waals surface area (Å²) in [4.78, 5) is 43.7. The van der Waals surface area contributed by atoms with Crippen LogP contribution in [0.1, 0.15) is 128 Å². The molecule has 2 fully saturated rings. The number of ether oxygens (including phenoxy) is 1. The summed E-state index contributed by atoms with van der Waals surface area (Å²) < 4.78 is 5.69. The number of amides is 1. The number of Topliss-reactive ketones (excluding diaryl/α,β-unsaturated/α-hetero) is 1. The second kappa shape index (κ2) is 19.6. The molecule has 2 aromatic carbocycles. The predicted octanol–water partition coefficient (Wildman–Crippen LogP) is 10.2. The Balaban J connectivity index is 0.00000102. The van der Waals surface area contributed by atoms with E-state index in [-0.39, 0.29) is 29.1 Å². The van der Waals surface area contributed by atoms with Gasteiger partial charge in [-0.3, -0.25) is 14.6 Å². The fourth-order valence-electron chi connectivity index (χ4n) is 7.48. The number of nitrogens with zero attached hydrogens (tertiary/aromatic N) is 1. The van der Waals surface area contributed by atoms with Crippen LogP contribution in [0, 0.1) is 23.2 Å². The lowest BCUT2D eigenvalue weighted by Gasteiger charge is -2.50. The highest BCUT2D eigenvalue weighted by atomic mass is 32.2. The van der Waals surface area contributed by atoms with Crippen LogP contribution in [-0.4, -0.2) is 29.9 Å². The minimum Gasteiger partial charge on any atom is -0.423 e. The Labute approximate surface area is 288 Å². The standard InChI is InChI=1S/C33H38N2O4S.C3H8.2C2H6/c1-20(2)40-32(34-4)35-29(37)15-11-23-19-28(36)33(3)17-16-26-25-14-12-24(18-22(25)10-13-27(26)30(23)33)39-31(38)21-8-6-5-7-9-21;1-3-2;2*1-2/h5-9,12,14,18,23,26-27,30H,1,10-11,13,15-17,19H2,2-4H3,(H,34,35,37);3H2,1-2H3;2*1-2H3. The Hall–Kier alpha value is -3.19. The van der Waals surface area contributed by atoms with Crippen LogP contribution >= 0.6 is 11.8 Å². The number of hydrogen-bond donors (Lipinski definition) is 1. The van der Waals surface area contributed by atoms with E-state index in [1.54, 1.807) is 19.2 Å². The van der Waals surface area contributed by atoms with Gasteiger partial charge in [-0.25, -0.2) is 4.79 Å². The lowest BCUT2D eigenvalue weighted by Crippen LogP contribution is -2.44. The van der Waals surface area contributed by atoms with Gasteiger partial charge in [0.2, 0.25) is 5.91 Å². The van der Waals surface area contributed by atoms with Crippen LogP contribution in [0.4, 0.5) is 0 Å². The van der Waals surface area contributed by atoms with E-state index >= 15 is 0 Å². The molecule has 0 saturated heterocycles. The Morgan fingerprint density at radius 3 is 2.34 bits per heavy atom. The quantitative estimate of drug-likeness (QED) is 0.144. The van der Waals surface area contributed by atoms with E-state index in [4.69, 9.17) is 4.74 Å². The molecule has 2 aromatic rings. The van der Waals surface area contributed by atoms with Crippen LogP contribution in [-0.2, 0) is 16.0 Å². The first-order valence-corrected chi connectivity index (χ1v) is 18.5. The van der Waals surface area contributed by atoms with Crippen molar-refractivity contribution < 1.29 is 19.1 Å². The minimum atomic E-state index is -0.352. The summed E-state index contributed by atoms with van der Waals surface area (Å²) in [6.45, 7) is 20.2. The van der Waals surface area contributed by atoms with Gasteiger partial charge >= 0.3 is 5.97 Å². The van der Waals surface area contributed by atoms with Gasteiger partial charge in [-0.05, 0) is 103 Å². The third-order valence-corrected chi connectivity index (χ3v) is 10.1. The lowest BCUT2D eigenvalue weighted by molar-refractivity contribution is -0.129. The fourth-order valence-corrected chi connectivity index (χ4v) is 8.06. The number of carbonyl (C=O) groups is 3. The van der Waals surface area contributed by atoms with Gasteiger partial charge in [0, 0.05) is 25.3 Å². The molecule has 0 aliphatic heterocycles. The van der Waals surface area contributed by atoms with Gasteiger partial charge in [0.05, 0.1) is 5.56 Å². The minimum absolute atomic E-state index is 0.0608. The molecule has 0 aromatic heterocycles. The molecule has 47 heavy (non-hydrogen) atoms. The third-order valence-electron chi connectivity index (χ3n) is 9.22. The SMILES string of the molecule is C=C(C)SC(=NC)NC(=O)CCC1CC(=O)C2(C)CCC3c4ccc(OC(=O)c5ccccc5)cc4CCC3C12.CC.CC.CCC. The lowest BCUT2D eigenvalue weighted by atomic mass is 9.54. The molecule has 0 heterocycles. The van der Waals surface area contributed by atoms with Gasteiger partial charge in [-0.2, -0.15) is 0 Å². The first-order chi connectivity index (χ1) is 22.6. The van der Waals surface area contributed by atoms with Gasteiger partial charge in [0.25, 0.3) is 0 Å². The number of benzene rings is 2. The number of hydrogen-bond acceptors (Lipinski definition) is 6. The van der Waals surface area contributed by atoms with Crippen molar-refractivity contribution in [3.05, 3.63) is 76.7 Å². The first-order valence-electron chi connectivity index (χ1n) is 17.6. The monoisotopic (exact) mass is 662 g/mol. The summed E-state index contributed by atoms with van der Waals surface area (Å²) >= 11 is 1.36. The van der Waals surface area contributed by atoms with Crippen LogP contribution < -0.4 is 10.1 Å². The number of nitrogens with one attached hydrogen (secondary N) is 1. The number of thioether (sulfide) groups is 1. The maximum atomic E-state index is 13.3. The van der Waals surface area contributed by atoms with E-state index in [1.165, 1.54) is 29.3 Å². The van der Waals surface area contributed by atoms with E-state index in [0.29, 0.717) is 53.4 Å². The van der Waals surface area contributed by atoms with E-state index in [2.05, 4.69) is 43.7 Å². The molecule has 1 N–H and O–H groups in total. The second-order valence-corrected chi connectivity index (χ2v) is 13.7. The van der Waals surface area contributed by atoms with Crippen molar-refractivity contribution in [1.29, 1.82) is 0 Å². The van der Waals surface area contributed by atoms with Crippen molar-refractivity contribution in [1.82, 2.24) is 5.32 Å². The molecule has 1 amide bonds. The molecule has 5 rings (SSSR count). The fraction of sp³-hybridized carbons (Fsp3) is 0.550. The van der Waals surface area contributed by atoms with E-state index in [0.717, 1.165) is 30.6 Å². The van der Waals surface area contributed by atoms with E-state index in [9.17, 15) is 14.4 Å². The van der Waals surface area contributed by atoms with Gasteiger partial charge < -0.3 is 10.1 Å². The average molecular weight is 663 g/mol. The summed E-state index contributed by atoms with van der Waals surface area (Å²) in [5.74, 6) is 1.81. The Kier molecular flexibility index (Phi) is 16.7. The van der Waals surface area contributed by atoms with Gasteiger partial charge in [-0.15, -0.1) is 0 Å². The summed E-state index contributed by atoms with van der Waals surface area (Å²) in [7, 11) is 1.66. The summed E-state index contributed by atoms with van der Waals surface area (Å²) in [5, 5.41) is 3.46. The molecule has 5 unspecified atom stereocenters. The highest BCUT2D eigenvalue weighted by Crippen LogP contribution is 2.62. The van der Waals surface area contributed by atoms with Crippen molar-refractivity contribution >= 4 is 34.6 Å². The topological polar surface area (TPSA) is 84.8 Å². The largest absolute Gasteiger partial charge is 0.423 e. The smallest absolute Gasteiger partial charge is 0.343 e. The zero-order valence-electron chi connectivity index (χ0n) is 30.3. The van der Waals surface area contributed by atoms with Crippen molar-refractivity contribution in [2.75, 3.05) is 7.05 Å².